The molecule has 1 heterocycles. The van der Waals surface area contributed by atoms with Crippen molar-refractivity contribution < 1.29 is 19.3 Å². The van der Waals surface area contributed by atoms with Gasteiger partial charge in [0.15, 0.2) is 0 Å². The molecule has 0 radical (unpaired) electrons. The van der Waals surface area contributed by atoms with E-state index in [1.54, 1.807) is 6.07 Å². The Bertz CT molecular complexity index is 1090. The summed E-state index contributed by atoms with van der Waals surface area (Å²) in [5.41, 5.74) is 3.51. The number of nitrogens with one attached hydrogen (secondary N) is 1. The van der Waals surface area contributed by atoms with Crippen LogP contribution in [0.15, 0.2) is 41.3 Å². The molecule has 1 aliphatic heterocycles. The number of para-hydroxylation sites is 1. The standard InChI is InChI=1S/C21H19N3O5S/c1-12-8-13(2)19(14(3)9-12)22-18(25)11-23-20(26)17(30-21(23)27)10-15-6-4-5-7-16(15)24(28)29/h4-10H,11H2,1-3H3,(H,22,25)/b17-10+. The molecule has 9 heteroatoms. The van der Waals surface area contributed by atoms with Gasteiger partial charge in [-0.05, 0) is 55.8 Å². The van der Waals surface area contributed by atoms with E-state index in [2.05, 4.69) is 5.32 Å². The van der Waals surface area contributed by atoms with Crippen molar-refractivity contribution in [1.29, 1.82) is 0 Å². The Labute approximate surface area is 177 Å². The highest BCUT2D eigenvalue weighted by atomic mass is 32.2. The maximum Gasteiger partial charge on any atom is 0.294 e. The molecule has 2 aromatic carbocycles. The number of nitrogens with zero attached hydrogens (tertiary/aromatic N) is 2. The van der Waals surface area contributed by atoms with Crippen molar-refractivity contribution in [3.05, 3.63) is 73.7 Å². The minimum atomic E-state index is -0.657. The van der Waals surface area contributed by atoms with E-state index < -0.39 is 28.5 Å². The zero-order valence-electron chi connectivity index (χ0n) is 16.6. The molecule has 30 heavy (non-hydrogen) atoms. The second-order valence-corrected chi connectivity index (χ2v) is 7.90. The first-order valence-corrected chi connectivity index (χ1v) is 9.85. The van der Waals surface area contributed by atoms with Crippen LogP contribution in [0.4, 0.5) is 16.2 Å². The highest BCUT2D eigenvalue weighted by Gasteiger charge is 2.36. The minimum Gasteiger partial charge on any atom is -0.324 e. The number of anilines is 1. The van der Waals surface area contributed by atoms with Crippen molar-refractivity contribution in [2.75, 3.05) is 11.9 Å². The van der Waals surface area contributed by atoms with Gasteiger partial charge in [-0.1, -0.05) is 29.8 Å². The Balaban J connectivity index is 1.78. The van der Waals surface area contributed by atoms with Gasteiger partial charge >= 0.3 is 0 Å². The molecule has 1 saturated heterocycles. The van der Waals surface area contributed by atoms with E-state index in [0.717, 1.165) is 21.6 Å². The number of amides is 3. The first-order valence-electron chi connectivity index (χ1n) is 9.04. The van der Waals surface area contributed by atoms with E-state index in [9.17, 15) is 24.5 Å². The molecule has 3 rings (SSSR count). The van der Waals surface area contributed by atoms with Crippen molar-refractivity contribution in [2.24, 2.45) is 0 Å². The van der Waals surface area contributed by atoms with Gasteiger partial charge in [0.1, 0.15) is 6.54 Å². The summed E-state index contributed by atoms with van der Waals surface area (Å²) < 4.78 is 0. The van der Waals surface area contributed by atoms with Gasteiger partial charge in [-0.2, -0.15) is 0 Å². The number of aryl methyl sites for hydroxylation is 3. The average Bonchev–Trinajstić information content (AvgIpc) is 2.92. The van der Waals surface area contributed by atoms with Gasteiger partial charge in [0.25, 0.3) is 16.8 Å². The summed E-state index contributed by atoms with van der Waals surface area (Å²) in [4.78, 5) is 48.9. The third kappa shape index (κ3) is 4.41. The second kappa shape index (κ2) is 8.50. The van der Waals surface area contributed by atoms with E-state index in [-0.39, 0.29) is 16.2 Å². The van der Waals surface area contributed by atoms with Crippen LogP contribution in [0.25, 0.3) is 6.08 Å². The van der Waals surface area contributed by atoms with Crippen LogP contribution in [0.2, 0.25) is 0 Å². The van der Waals surface area contributed by atoms with Gasteiger partial charge in [0, 0.05) is 11.8 Å². The molecule has 1 aliphatic rings. The van der Waals surface area contributed by atoms with Crippen molar-refractivity contribution >= 4 is 46.3 Å². The maximum atomic E-state index is 12.6. The topological polar surface area (TPSA) is 110 Å². The van der Waals surface area contributed by atoms with Gasteiger partial charge in [0.2, 0.25) is 5.91 Å². The molecular formula is C21H19N3O5S. The Morgan fingerprint density at radius 3 is 2.43 bits per heavy atom. The molecule has 0 aromatic heterocycles. The predicted octanol–water partition coefficient (Wildman–Crippen LogP) is 4.20. The number of imide groups is 1. The monoisotopic (exact) mass is 425 g/mol. The van der Waals surface area contributed by atoms with Crippen LogP contribution < -0.4 is 5.32 Å². The number of thioether (sulfide) groups is 1. The Hall–Kier alpha value is -3.46. The number of benzene rings is 2. The van der Waals surface area contributed by atoms with Crippen molar-refractivity contribution in [2.45, 2.75) is 20.8 Å². The van der Waals surface area contributed by atoms with Gasteiger partial charge in [0.05, 0.1) is 15.4 Å². The lowest BCUT2D eigenvalue weighted by molar-refractivity contribution is -0.385. The largest absolute Gasteiger partial charge is 0.324 e. The minimum absolute atomic E-state index is 0.0322. The van der Waals surface area contributed by atoms with Gasteiger partial charge < -0.3 is 5.32 Å². The van der Waals surface area contributed by atoms with Crippen LogP contribution in [-0.2, 0) is 9.59 Å². The van der Waals surface area contributed by atoms with Crippen molar-refractivity contribution in [3.8, 4) is 0 Å². The number of nitro benzene ring substituents is 1. The number of carbonyl (C=O) groups excluding carboxylic acids is 3. The molecule has 154 valence electrons. The number of nitro groups is 1. The number of carbonyl (C=O) groups is 3. The first kappa shape index (κ1) is 21.3. The fourth-order valence-electron chi connectivity index (χ4n) is 3.25. The molecule has 1 N–H and O–H groups in total. The summed E-state index contributed by atoms with van der Waals surface area (Å²) >= 11 is 0.650. The lowest BCUT2D eigenvalue weighted by Crippen LogP contribution is -2.36. The molecule has 8 nitrogen and oxygen atoms in total. The molecule has 0 unspecified atom stereocenters. The smallest absolute Gasteiger partial charge is 0.294 e. The van der Waals surface area contributed by atoms with Crippen molar-refractivity contribution in [1.82, 2.24) is 4.90 Å². The van der Waals surface area contributed by atoms with Crippen LogP contribution in [0.1, 0.15) is 22.3 Å². The quantitative estimate of drug-likeness (QED) is 0.437. The first-order chi connectivity index (χ1) is 14.2. The lowest BCUT2D eigenvalue weighted by Gasteiger charge is -2.15. The lowest BCUT2D eigenvalue weighted by atomic mass is 10.1. The normalized spacial score (nSPS) is 15.0. The second-order valence-electron chi connectivity index (χ2n) is 6.91. The van der Waals surface area contributed by atoms with Crippen LogP contribution in [0, 0.1) is 30.9 Å². The maximum absolute atomic E-state index is 12.6. The Kier molecular flexibility index (Phi) is 6.02. The van der Waals surface area contributed by atoms with E-state index in [4.69, 9.17) is 0 Å². The predicted molar refractivity (Wildman–Crippen MR) is 115 cm³/mol. The third-order valence-electron chi connectivity index (χ3n) is 4.54. The summed E-state index contributed by atoms with van der Waals surface area (Å²) in [5.74, 6) is -1.16. The Morgan fingerprint density at radius 1 is 1.17 bits per heavy atom. The Morgan fingerprint density at radius 2 is 1.80 bits per heavy atom. The zero-order valence-corrected chi connectivity index (χ0v) is 17.4. The van der Waals surface area contributed by atoms with Crippen LogP contribution >= 0.6 is 11.8 Å². The summed E-state index contributed by atoms with van der Waals surface area (Å²) in [6, 6.07) is 9.78. The van der Waals surface area contributed by atoms with Crippen LogP contribution in [0.3, 0.4) is 0 Å². The van der Waals surface area contributed by atoms with Crippen molar-refractivity contribution in [3.63, 3.8) is 0 Å². The number of rotatable bonds is 5. The molecule has 2 aromatic rings. The van der Waals surface area contributed by atoms with Gasteiger partial charge in [-0.3, -0.25) is 29.4 Å². The van der Waals surface area contributed by atoms with E-state index in [1.165, 1.54) is 24.3 Å². The zero-order chi connectivity index (χ0) is 22.0. The molecule has 0 aliphatic carbocycles. The summed E-state index contributed by atoms with van der Waals surface area (Å²) in [6.45, 7) is 5.25. The number of hydrogen-bond acceptors (Lipinski definition) is 6. The van der Waals surface area contributed by atoms with E-state index in [1.807, 2.05) is 32.9 Å². The van der Waals surface area contributed by atoms with Crippen LogP contribution in [0.5, 0.6) is 0 Å². The van der Waals surface area contributed by atoms with E-state index in [0.29, 0.717) is 17.4 Å². The fourth-order valence-corrected chi connectivity index (χ4v) is 4.08. The fraction of sp³-hybridized carbons (Fsp3) is 0.190. The average molecular weight is 425 g/mol. The summed E-state index contributed by atoms with van der Waals surface area (Å²) in [5, 5.41) is 13.3. The number of hydrogen-bond donors (Lipinski definition) is 1. The molecule has 0 atom stereocenters. The molecule has 0 spiro atoms. The molecule has 0 bridgehead atoms. The molecule has 1 fully saturated rings. The molecule has 3 amide bonds. The van der Waals surface area contributed by atoms with Crippen LogP contribution in [-0.4, -0.2) is 33.4 Å². The third-order valence-corrected chi connectivity index (χ3v) is 5.44. The highest BCUT2D eigenvalue weighted by Crippen LogP contribution is 2.34. The molecular weight excluding hydrogens is 406 g/mol. The van der Waals surface area contributed by atoms with E-state index >= 15 is 0 Å². The highest BCUT2D eigenvalue weighted by molar-refractivity contribution is 8.18. The summed E-state index contributed by atoms with van der Waals surface area (Å²) in [7, 11) is 0. The van der Waals surface area contributed by atoms with Gasteiger partial charge in [-0.15, -0.1) is 0 Å². The molecule has 0 saturated carbocycles. The van der Waals surface area contributed by atoms with Gasteiger partial charge in [-0.25, -0.2) is 0 Å². The summed E-state index contributed by atoms with van der Waals surface area (Å²) in [6.07, 6.45) is 1.30. The SMILES string of the molecule is Cc1cc(C)c(NC(=O)CN2C(=O)S/C(=C/c3ccccc3[N+](=O)[O-])C2=O)c(C)c1.